The smallest absolute Gasteiger partial charge is 0.123 e. The fourth-order valence-corrected chi connectivity index (χ4v) is 3.39. The Kier molecular flexibility index (Phi) is 3.03. The molecule has 0 radical (unpaired) electrons. The van der Waals surface area contributed by atoms with E-state index in [1.54, 1.807) is 12.1 Å². The number of halogens is 1. The molecule has 0 fully saturated rings. The molecular formula is C12H16FNS. The minimum atomic E-state index is -0.142. The molecule has 1 nitrogen and oxygen atoms in total. The SMILES string of the molecule is CNC1c2cc(F)ccc2SC(C)C1C. The van der Waals surface area contributed by atoms with Crippen LogP contribution in [0.25, 0.3) is 0 Å². The molecule has 1 N–H and O–H groups in total. The van der Waals surface area contributed by atoms with Crippen LogP contribution in [0.1, 0.15) is 25.5 Å². The van der Waals surface area contributed by atoms with Crippen LogP contribution in [0.15, 0.2) is 23.1 Å². The third-order valence-corrected chi connectivity index (χ3v) is 4.62. The molecule has 3 atom stereocenters. The van der Waals surface area contributed by atoms with Crippen LogP contribution in [0.3, 0.4) is 0 Å². The van der Waals surface area contributed by atoms with E-state index in [1.807, 2.05) is 24.9 Å². The van der Waals surface area contributed by atoms with E-state index in [2.05, 4.69) is 19.2 Å². The molecule has 0 aromatic heterocycles. The number of hydrogen-bond acceptors (Lipinski definition) is 2. The van der Waals surface area contributed by atoms with Gasteiger partial charge in [-0.1, -0.05) is 13.8 Å². The molecule has 1 aromatic carbocycles. The lowest BCUT2D eigenvalue weighted by atomic mass is 9.91. The van der Waals surface area contributed by atoms with Crippen LogP contribution < -0.4 is 5.32 Å². The highest BCUT2D eigenvalue weighted by Gasteiger charge is 2.31. The van der Waals surface area contributed by atoms with Crippen LogP contribution >= 0.6 is 11.8 Å². The summed E-state index contributed by atoms with van der Waals surface area (Å²) in [6.07, 6.45) is 0. The maximum absolute atomic E-state index is 13.2. The molecule has 2 rings (SSSR count). The Hall–Kier alpha value is -0.540. The van der Waals surface area contributed by atoms with Gasteiger partial charge in [0.1, 0.15) is 5.82 Å². The largest absolute Gasteiger partial charge is 0.313 e. The molecule has 0 bridgehead atoms. The molecule has 1 aliphatic heterocycles. The molecule has 0 amide bonds. The summed E-state index contributed by atoms with van der Waals surface area (Å²) in [6.45, 7) is 4.44. The fourth-order valence-electron chi connectivity index (χ4n) is 2.15. The molecule has 0 spiro atoms. The molecule has 15 heavy (non-hydrogen) atoms. The normalized spacial score (nSPS) is 30.0. The maximum Gasteiger partial charge on any atom is 0.123 e. The van der Waals surface area contributed by atoms with Gasteiger partial charge in [0, 0.05) is 16.2 Å². The molecular weight excluding hydrogens is 209 g/mol. The van der Waals surface area contributed by atoms with Crippen LogP contribution in [0, 0.1) is 11.7 Å². The molecule has 0 saturated heterocycles. The quantitative estimate of drug-likeness (QED) is 0.787. The van der Waals surface area contributed by atoms with E-state index >= 15 is 0 Å². The lowest BCUT2D eigenvalue weighted by molar-refractivity contribution is 0.394. The van der Waals surface area contributed by atoms with E-state index in [-0.39, 0.29) is 11.9 Å². The number of fused-ring (bicyclic) bond motifs is 1. The van der Waals surface area contributed by atoms with Crippen LogP contribution in [0.5, 0.6) is 0 Å². The van der Waals surface area contributed by atoms with E-state index in [4.69, 9.17) is 0 Å². The summed E-state index contributed by atoms with van der Waals surface area (Å²) in [7, 11) is 1.94. The number of benzene rings is 1. The van der Waals surface area contributed by atoms with Crippen molar-refractivity contribution in [3.63, 3.8) is 0 Å². The highest BCUT2D eigenvalue weighted by molar-refractivity contribution is 8.00. The standard InChI is InChI=1S/C12H16FNS/c1-7-8(2)15-11-5-4-9(13)6-10(11)12(7)14-3/h4-8,12,14H,1-3H3. The molecule has 1 aliphatic rings. The summed E-state index contributed by atoms with van der Waals surface area (Å²) < 4.78 is 13.2. The van der Waals surface area contributed by atoms with Crippen molar-refractivity contribution in [2.24, 2.45) is 5.92 Å². The van der Waals surface area contributed by atoms with Gasteiger partial charge in [0.15, 0.2) is 0 Å². The maximum atomic E-state index is 13.2. The Labute approximate surface area is 94.5 Å². The average Bonchev–Trinajstić information content (AvgIpc) is 2.21. The first-order chi connectivity index (χ1) is 7.13. The molecule has 0 aliphatic carbocycles. The second-order valence-electron chi connectivity index (χ2n) is 4.13. The van der Waals surface area contributed by atoms with Crippen LogP contribution in [-0.2, 0) is 0 Å². The van der Waals surface area contributed by atoms with Gasteiger partial charge in [-0.25, -0.2) is 4.39 Å². The number of rotatable bonds is 1. The Morgan fingerprint density at radius 1 is 1.33 bits per heavy atom. The molecule has 3 unspecified atom stereocenters. The second-order valence-corrected chi connectivity index (χ2v) is 5.55. The third kappa shape index (κ3) is 1.91. The number of nitrogens with one attached hydrogen (secondary N) is 1. The van der Waals surface area contributed by atoms with Gasteiger partial charge in [0.25, 0.3) is 0 Å². The van der Waals surface area contributed by atoms with Gasteiger partial charge < -0.3 is 5.32 Å². The Bertz CT molecular complexity index is 367. The highest BCUT2D eigenvalue weighted by Crippen LogP contribution is 2.43. The highest BCUT2D eigenvalue weighted by atomic mass is 32.2. The summed E-state index contributed by atoms with van der Waals surface area (Å²) in [5.41, 5.74) is 1.10. The van der Waals surface area contributed by atoms with Gasteiger partial charge in [-0.15, -0.1) is 11.8 Å². The first-order valence-electron chi connectivity index (χ1n) is 5.27. The number of thioether (sulfide) groups is 1. The van der Waals surface area contributed by atoms with Gasteiger partial charge in [0.05, 0.1) is 0 Å². The van der Waals surface area contributed by atoms with Gasteiger partial charge in [-0.3, -0.25) is 0 Å². The zero-order chi connectivity index (χ0) is 11.0. The van der Waals surface area contributed by atoms with Crippen LogP contribution in [-0.4, -0.2) is 12.3 Å². The van der Waals surface area contributed by atoms with E-state index in [0.717, 1.165) is 5.56 Å². The van der Waals surface area contributed by atoms with Crippen LogP contribution in [0.4, 0.5) is 4.39 Å². The van der Waals surface area contributed by atoms with Crippen LogP contribution in [0.2, 0.25) is 0 Å². The molecule has 3 heteroatoms. The predicted molar refractivity (Wildman–Crippen MR) is 62.7 cm³/mol. The molecule has 1 aromatic rings. The zero-order valence-corrected chi connectivity index (χ0v) is 10.1. The molecule has 0 saturated carbocycles. The lowest BCUT2D eigenvalue weighted by Gasteiger charge is -2.35. The van der Waals surface area contributed by atoms with Crippen molar-refractivity contribution in [1.82, 2.24) is 5.32 Å². The Morgan fingerprint density at radius 3 is 2.73 bits per heavy atom. The lowest BCUT2D eigenvalue weighted by Crippen LogP contribution is -2.32. The van der Waals surface area contributed by atoms with Crippen molar-refractivity contribution in [3.05, 3.63) is 29.6 Å². The minimum Gasteiger partial charge on any atom is -0.313 e. The molecule has 82 valence electrons. The zero-order valence-electron chi connectivity index (χ0n) is 9.25. The van der Waals surface area contributed by atoms with E-state index < -0.39 is 0 Å². The van der Waals surface area contributed by atoms with Crippen molar-refractivity contribution in [2.75, 3.05) is 7.05 Å². The van der Waals surface area contributed by atoms with Gasteiger partial charge in [0.2, 0.25) is 0 Å². The van der Waals surface area contributed by atoms with Crippen molar-refractivity contribution in [2.45, 2.75) is 30.0 Å². The average molecular weight is 225 g/mol. The second kappa shape index (κ2) is 4.14. The third-order valence-electron chi connectivity index (χ3n) is 3.20. The van der Waals surface area contributed by atoms with Gasteiger partial charge in [-0.05, 0) is 36.7 Å². The predicted octanol–water partition coefficient (Wildman–Crippen LogP) is 3.22. The summed E-state index contributed by atoms with van der Waals surface area (Å²) in [5.74, 6) is 0.380. The Balaban J connectivity index is 2.46. The van der Waals surface area contributed by atoms with Gasteiger partial charge >= 0.3 is 0 Å². The monoisotopic (exact) mass is 225 g/mol. The van der Waals surface area contributed by atoms with Crippen molar-refractivity contribution in [1.29, 1.82) is 0 Å². The van der Waals surface area contributed by atoms with Gasteiger partial charge in [-0.2, -0.15) is 0 Å². The molecule has 1 heterocycles. The van der Waals surface area contributed by atoms with Crippen molar-refractivity contribution >= 4 is 11.8 Å². The summed E-state index contributed by atoms with van der Waals surface area (Å²) in [6, 6.07) is 5.36. The summed E-state index contributed by atoms with van der Waals surface area (Å²) in [4.78, 5) is 1.21. The topological polar surface area (TPSA) is 12.0 Å². The summed E-state index contributed by atoms with van der Waals surface area (Å²) in [5, 5.41) is 3.86. The Morgan fingerprint density at radius 2 is 2.07 bits per heavy atom. The first-order valence-corrected chi connectivity index (χ1v) is 6.15. The fraction of sp³-hybridized carbons (Fsp3) is 0.500. The van der Waals surface area contributed by atoms with Crippen molar-refractivity contribution in [3.8, 4) is 0 Å². The van der Waals surface area contributed by atoms with Crippen molar-refractivity contribution < 1.29 is 4.39 Å². The minimum absolute atomic E-state index is 0.142. The summed E-state index contributed by atoms with van der Waals surface area (Å²) >= 11 is 1.84. The first kappa shape index (κ1) is 11.0. The van der Waals surface area contributed by atoms with E-state index in [0.29, 0.717) is 11.2 Å². The van der Waals surface area contributed by atoms with E-state index in [9.17, 15) is 4.39 Å². The number of hydrogen-bond donors (Lipinski definition) is 1. The van der Waals surface area contributed by atoms with E-state index in [1.165, 1.54) is 4.90 Å².